The van der Waals surface area contributed by atoms with E-state index in [1.165, 1.54) is 12.1 Å². The molecule has 6 atom stereocenters. The van der Waals surface area contributed by atoms with Crippen LogP contribution >= 0.6 is 0 Å². The molecule has 40 heavy (non-hydrogen) atoms. The summed E-state index contributed by atoms with van der Waals surface area (Å²) < 4.78 is 16.9. The Balaban J connectivity index is 3.45. The maximum Gasteiger partial charge on any atom is 0.321 e. The highest BCUT2D eigenvalue weighted by Crippen LogP contribution is 2.38. The minimum atomic E-state index is -1.34. The van der Waals surface area contributed by atoms with Crippen molar-refractivity contribution in [3.63, 3.8) is 0 Å². The third kappa shape index (κ3) is 10.9. The van der Waals surface area contributed by atoms with Gasteiger partial charge < -0.3 is 25.1 Å². The van der Waals surface area contributed by atoms with Crippen LogP contribution in [0.1, 0.15) is 105 Å². The highest BCUT2D eigenvalue weighted by Gasteiger charge is 2.36. The number of aliphatic carboxylic acids is 1. The zero-order chi connectivity index (χ0) is 30.6. The summed E-state index contributed by atoms with van der Waals surface area (Å²) in [6, 6.07) is 3.26. The van der Waals surface area contributed by atoms with Crippen LogP contribution < -0.4 is 15.2 Å². The Hall–Kier alpha value is -2.94. The maximum atomic E-state index is 12.8. The molecule has 0 amide bonds. The van der Waals surface area contributed by atoms with Crippen LogP contribution in [0.2, 0.25) is 0 Å². The first kappa shape index (κ1) is 35.1. The van der Waals surface area contributed by atoms with E-state index >= 15 is 0 Å². The summed E-state index contributed by atoms with van der Waals surface area (Å²) in [5.41, 5.74) is 6.62. The summed E-state index contributed by atoms with van der Waals surface area (Å²) in [5, 5.41) is 9.82. The summed E-state index contributed by atoms with van der Waals surface area (Å²) in [6.07, 6.45) is 3.14. The molecule has 1 aromatic rings. The number of ether oxygens (including phenoxy) is 3. The molecule has 1 rings (SSSR count). The molecule has 9 nitrogen and oxygen atoms in total. The summed E-state index contributed by atoms with van der Waals surface area (Å²) in [7, 11) is 0. The molecule has 5 unspecified atom stereocenters. The Morgan fingerprint density at radius 3 is 1.82 bits per heavy atom. The molecule has 0 aliphatic carbocycles. The van der Waals surface area contributed by atoms with Gasteiger partial charge in [0.05, 0.1) is 11.8 Å². The van der Waals surface area contributed by atoms with Crippen molar-refractivity contribution in [3.8, 4) is 11.5 Å². The molecule has 0 aliphatic heterocycles. The van der Waals surface area contributed by atoms with Crippen LogP contribution in [0.5, 0.6) is 11.5 Å². The van der Waals surface area contributed by atoms with Crippen LogP contribution in [0.15, 0.2) is 18.2 Å². The molecule has 0 aromatic heterocycles. The Morgan fingerprint density at radius 1 is 0.825 bits per heavy atom. The maximum absolute atomic E-state index is 12.8. The van der Waals surface area contributed by atoms with Crippen molar-refractivity contribution in [2.75, 3.05) is 0 Å². The Morgan fingerprint density at radius 2 is 1.35 bits per heavy atom. The summed E-state index contributed by atoms with van der Waals surface area (Å²) in [6.45, 7) is 15.0. The van der Waals surface area contributed by atoms with Gasteiger partial charge in [0.25, 0.3) is 0 Å². The van der Waals surface area contributed by atoms with Gasteiger partial charge >= 0.3 is 23.9 Å². The number of benzene rings is 1. The van der Waals surface area contributed by atoms with E-state index in [4.69, 9.17) is 19.9 Å². The van der Waals surface area contributed by atoms with Crippen LogP contribution in [0, 0.1) is 23.7 Å². The van der Waals surface area contributed by atoms with Gasteiger partial charge in [-0.05, 0) is 49.8 Å². The van der Waals surface area contributed by atoms with E-state index < -0.39 is 47.8 Å². The standard InChI is InChI=1S/C31H49NO8/c1-9-11-19(5)30(36)39-24-15-14-23(17-25(24)40-31(37)20(6)12-10-2)27(28(32)29(34)35)21(7)22(8)38-26(33)16-13-18(3)4/h14-15,17-22,27-28H,9-13,16,32H2,1-8H3,(H,34,35)/t19?,20?,21?,22?,27?,28-/m0/s1. The van der Waals surface area contributed by atoms with Crippen molar-refractivity contribution >= 4 is 23.9 Å². The number of carboxylic acid groups (broad SMARTS) is 1. The number of rotatable bonds is 17. The van der Waals surface area contributed by atoms with Gasteiger partial charge in [0.15, 0.2) is 11.5 Å². The third-order valence-electron chi connectivity index (χ3n) is 7.24. The first-order valence-electron chi connectivity index (χ1n) is 14.5. The molecule has 0 saturated carbocycles. The minimum absolute atomic E-state index is 0.0128. The van der Waals surface area contributed by atoms with Crippen molar-refractivity contribution in [2.24, 2.45) is 29.4 Å². The molecule has 3 N–H and O–H groups in total. The van der Waals surface area contributed by atoms with Crippen molar-refractivity contribution < 1.29 is 38.5 Å². The first-order valence-corrected chi connectivity index (χ1v) is 14.5. The highest BCUT2D eigenvalue weighted by atomic mass is 16.6. The fraction of sp³-hybridized carbons (Fsp3) is 0.677. The zero-order valence-electron chi connectivity index (χ0n) is 25.4. The summed E-state index contributed by atoms with van der Waals surface area (Å²) in [5.74, 6) is -4.17. The second kappa shape index (κ2) is 17.0. The monoisotopic (exact) mass is 563 g/mol. The van der Waals surface area contributed by atoms with Crippen molar-refractivity contribution in [3.05, 3.63) is 23.8 Å². The van der Waals surface area contributed by atoms with Gasteiger partial charge in [0.2, 0.25) is 0 Å². The first-order chi connectivity index (χ1) is 18.7. The van der Waals surface area contributed by atoms with Gasteiger partial charge in [-0.2, -0.15) is 0 Å². The largest absolute Gasteiger partial charge is 0.480 e. The number of carbonyl (C=O) groups is 4. The zero-order valence-corrected chi connectivity index (χ0v) is 25.4. The fourth-order valence-corrected chi connectivity index (χ4v) is 4.48. The van der Waals surface area contributed by atoms with E-state index in [0.29, 0.717) is 30.7 Å². The lowest BCUT2D eigenvalue weighted by Gasteiger charge is -2.32. The van der Waals surface area contributed by atoms with E-state index in [2.05, 4.69) is 0 Å². The van der Waals surface area contributed by atoms with E-state index in [0.717, 1.165) is 12.8 Å². The number of carboxylic acids is 1. The van der Waals surface area contributed by atoms with E-state index in [9.17, 15) is 24.3 Å². The molecule has 0 spiro atoms. The van der Waals surface area contributed by atoms with Gasteiger partial charge in [-0.3, -0.25) is 19.2 Å². The lowest BCUT2D eigenvalue weighted by Crippen LogP contribution is -2.42. The predicted octanol–water partition coefficient (Wildman–Crippen LogP) is 5.87. The van der Waals surface area contributed by atoms with Gasteiger partial charge in [-0.15, -0.1) is 0 Å². The molecular weight excluding hydrogens is 514 g/mol. The number of carbonyl (C=O) groups excluding carboxylic acids is 3. The van der Waals surface area contributed by atoms with Crippen LogP contribution in [0.3, 0.4) is 0 Å². The molecular formula is C31H49NO8. The number of hydrogen-bond donors (Lipinski definition) is 2. The number of esters is 3. The Kier molecular flexibility index (Phi) is 14.9. The molecule has 0 aliphatic rings. The SMILES string of the molecule is CCCC(C)C(=O)Oc1ccc(C(C(C)C(C)OC(=O)CCC(C)C)[C@H](N)C(=O)O)cc1OC(=O)C(C)CCC. The summed E-state index contributed by atoms with van der Waals surface area (Å²) in [4.78, 5) is 49.9. The Labute approximate surface area is 239 Å². The number of hydrogen-bond acceptors (Lipinski definition) is 8. The molecule has 9 heteroatoms. The lowest BCUT2D eigenvalue weighted by atomic mass is 9.79. The van der Waals surface area contributed by atoms with Crippen LogP contribution in [0.25, 0.3) is 0 Å². The fourth-order valence-electron chi connectivity index (χ4n) is 4.48. The van der Waals surface area contributed by atoms with Crippen molar-refractivity contribution in [1.29, 1.82) is 0 Å². The molecule has 0 heterocycles. The molecule has 0 bridgehead atoms. The third-order valence-corrected chi connectivity index (χ3v) is 7.24. The highest BCUT2D eigenvalue weighted by molar-refractivity contribution is 5.79. The van der Waals surface area contributed by atoms with Gasteiger partial charge in [0.1, 0.15) is 12.1 Å². The molecule has 0 fully saturated rings. The minimum Gasteiger partial charge on any atom is -0.480 e. The second-order valence-electron chi connectivity index (χ2n) is 11.3. The Bertz CT molecular complexity index is 992. The average molecular weight is 564 g/mol. The average Bonchev–Trinajstić information content (AvgIpc) is 2.88. The molecule has 0 saturated heterocycles. The molecule has 226 valence electrons. The van der Waals surface area contributed by atoms with Crippen LogP contribution in [-0.2, 0) is 23.9 Å². The smallest absolute Gasteiger partial charge is 0.321 e. The van der Waals surface area contributed by atoms with Crippen molar-refractivity contribution in [2.45, 2.75) is 112 Å². The van der Waals surface area contributed by atoms with E-state index in [1.807, 2.05) is 27.7 Å². The lowest BCUT2D eigenvalue weighted by molar-refractivity contribution is -0.151. The molecule has 0 radical (unpaired) electrons. The normalized spacial score (nSPS) is 15.8. The number of nitrogens with two attached hydrogens (primary N) is 1. The van der Waals surface area contributed by atoms with Crippen molar-refractivity contribution in [1.82, 2.24) is 0 Å². The van der Waals surface area contributed by atoms with Crippen LogP contribution in [-0.4, -0.2) is 41.1 Å². The van der Waals surface area contributed by atoms with Gasteiger partial charge in [-0.25, -0.2) is 0 Å². The van der Waals surface area contributed by atoms with Gasteiger partial charge in [0, 0.05) is 18.3 Å². The molecule has 1 aromatic carbocycles. The topological polar surface area (TPSA) is 142 Å². The second-order valence-corrected chi connectivity index (χ2v) is 11.3. The van der Waals surface area contributed by atoms with E-state index in [1.54, 1.807) is 33.8 Å². The van der Waals surface area contributed by atoms with Gasteiger partial charge in [-0.1, -0.05) is 67.4 Å². The predicted molar refractivity (Wildman–Crippen MR) is 153 cm³/mol. The quantitative estimate of drug-likeness (QED) is 0.176. The summed E-state index contributed by atoms with van der Waals surface area (Å²) >= 11 is 0. The van der Waals surface area contributed by atoms with Crippen LogP contribution in [0.4, 0.5) is 0 Å². The van der Waals surface area contributed by atoms with E-state index in [-0.39, 0.29) is 29.8 Å².